The van der Waals surface area contributed by atoms with E-state index in [9.17, 15) is 0 Å². The highest BCUT2D eigenvalue weighted by Crippen LogP contribution is 2.41. The highest BCUT2D eigenvalue weighted by Gasteiger charge is 2.51. The molecule has 0 amide bonds. The fraction of sp³-hybridized carbons (Fsp3) is 0.0882. The number of rotatable bonds is 8. The molecule has 18 heteroatoms. The van der Waals surface area contributed by atoms with E-state index in [-0.39, 0.29) is 21.8 Å². The van der Waals surface area contributed by atoms with E-state index in [1.165, 1.54) is 0 Å². The molecule has 0 saturated carbocycles. The van der Waals surface area contributed by atoms with Crippen LogP contribution in [0.25, 0.3) is 120 Å². The van der Waals surface area contributed by atoms with E-state index >= 15 is 0 Å². The molecule has 0 atom stereocenters. The largest absolute Gasteiger partial charge is 0.494 e. The van der Waals surface area contributed by atoms with Gasteiger partial charge in [-0.25, -0.2) is 49.8 Å². The number of benzene rings is 8. The molecule has 6 aromatic heterocycles. The first-order chi connectivity index (χ1) is 41.8. The average Bonchev–Trinajstić information content (AvgIpc) is 4.41. The molecule has 0 radical (unpaired) electrons. The minimum absolute atomic E-state index is 0.191. The molecule has 14 aromatic rings. The molecule has 1 aliphatic heterocycles. The van der Waals surface area contributed by atoms with Crippen molar-refractivity contribution < 1.29 is 9.31 Å². The number of halogens is 3. The zero-order valence-electron chi connectivity index (χ0n) is 46.6. The third kappa shape index (κ3) is 11.7. The van der Waals surface area contributed by atoms with Crippen molar-refractivity contribution in [3.05, 3.63) is 234 Å². The molecule has 7 heterocycles. The van der Waals surface area contributed by atoms with Crippen LogP contribution in [0.2, 0.25) is 15.7 Å². The maximum atomic E-state index is 6.36. The first kappa shape index (κ1) is 56.4. The number of nitrogens with zero attached hydrogens (tertiary/aromatic N) is 10. The summed E-state index contributed by atoms with van der Waals surface area (Å²) < 4.78 is 16.6. The van der Waals surface area contributed by atoms with Crippen LogP contribution >= 0.6 is 57.5 Å². The van der Waals surface area contributed by atoms with Crippen LogP contribution in [0.4, 0.5) is 0 Å². The molecule has 0 N–H and O–H groups in total. The summed E-state index contributed by atoms with van der Waals surface area (Å²) in [4.78, 5) is 46.0. The predicted octanol–water partition coefficient (Wildman–Crippen LogP) is 17.7. The molecule has 0 unspecified atom stereocenters. The van der Waals surface area contributed by atoms with Crippen LogP contribution < -0.4 is 5.46 Å². The Morgan fingerprint density at radius 1 is 0.326 bits per heavy atom. The third-order valence-electron chi connectivity index (χ3n) is 14.9. The molecule has 1 aliphatic rings. The standard InChI is InChI=1S/C31H18ClN5S.C27H26BN3O2.C10H4Cl2N2S/c32-31-33-25(27-26(34-31)23-13-7-8-14-24(23)38-27)19-15-17-22(18-16-19)30-36-28(20-9-3-1-4-10-20)35-29(37-30)21-11-5-2-6-12-21;1-26(2)27(3,4)33-28(32-26)22-17-15-21(16-18-22)25-30-23(19-11-7-5-8-12-19)29-24(31-25)20-13-9-6-10-14-20;11-9-8-7(13-10(12)14-9)5-3-1-2-4-6(5)15-8/h1-18H;5-18H,1-4H3;1-4H. The Kier molecular flexibility index (Phi) is 15.7. The van der Waals surface area contributed by atoms with Crippen LogP contribution in [0.5, 0.6) is 0 Å². The maximum absolute atomic E-state index is 6.36. The summed E-state index contributed by atoms with van der Waals surface area (Å²) in [6.45, 7) is 8.23. The molecular weight excluding hydrogens is 1170 g/mol. The first-order valence-electron chi connectivity index (χ1n) is 27.5. The number of hydrogen-bond donors (Lipinski definition) is 0. The van der Waals surface area contributed by atoms with Gasteiger partial charge in [-0.15, -0.1) is 22.7 Å². The Balaban J connectivity index is 0.000000130. The minimum atomic E-state index is -0.401. The molecular formula is C68H48BCl3N10O2S2. The van der Waals surface area contributed by atoms with Crippen LogP contribution in [0, 0.1) is 0 Å². The summed E-state index contributed by atoms with van der Waals surface area (Å²) in [5.41, 5.74) is 9.28. The lowest BCUT2D eigenvalue weighted by Gasteiger charge is -2.32. The zero-order valence-corrected chi connectivity index (χ0v) is 50.5. The van der Waals surface area contributed by atoms with Crippen LogP contribution in [0.3, 0.4) is 0 Å². The lowest BCUT2D eigenvalue weighted by atomic mass is 9.79. The molecule has 8 aromatic carbocycles. The third-order valence-corrected chi connectivity index (χ3v) is 17.9. The topological polar surface area (TPSA) is 147 Å². The van der Waals surface area contributed by atoms with E-state index in [4.69, 9.17) is 74.0 Å². The molecule has 0 spiro atoms. The van der Waals surface area contributed by atoms with E-state index in [1.807, 2.05) is 206 Å². The van der Waals surface area contributed by atoms with Crippen molar-refractivity contribution in [3.8, 4) is 79.6 Å². The van der Waals surface area contributed by atoms with Gasteiger partial charge in [0.15, 0.2) is 40.1 Å². The molecule has 1 saturated heterocycles. The fourth-order valence-electron chi connectivity index (χ4n) is 9.71. The lowest BCUT2D eigenvalue weighted by molar-refractivity contribution is 0.00578. The van der Waals surface area contributed by atoms with Crippen molar-refractivity contribution >= 4 is 111 Å². The van der Waals surface area contributed by atoms with Crippen molar-refractivity contribution in [2.75, 3.05) is 0 Å². The maximum Gasteiger partial charge on any atom is 0.494 e. The summed E-state index contributed by atoms with van der Waals surface area (Å²) in [5.74, 6) is 3.80. The number of hydrogen-bond acceptors (Lipinski definition) is 14. The van der Waals surface area contributed by atoms with Gasteiger partial charge < -0.3 is 9.31 Å². The second-order valence-corrected chi connectivity index (χ2v) is 24.2. The normalized spacial score (nSPS) is 13.4. The van der Waals surface area contributed by atoms with E-state index in [1.54, 1.807) is 22.7 Å². The highest BCUT2D eigenvalue weighted by atomic mass is 35.5. The Labute approximate surface area is 518 Å². The Morgan fingerprint density at radius 3 is 1.05 bits per heavy atom. The first-order valence-corrected chi connectivity index (χ1v) is 30.2. The molecule has 0 bridgehead atoms. The smallest absolute Gasteiger partial charge is 0.399 e. The van der Waals surface area contributed by atoms with Crippen molar-refractivity contribution in [1.29, 1.82) is 0 Å². The number of fused-ring (bicyclic) bond motifs is 6. The van der Waals surface area contributed by atoms with Gasteiger partial charge in [0.1, 0.15) is 0 Å². The minimum Gasteiger partial charge on any atom is -0.399 e. The van der Waals surface area contributed by atoms with Crippen molar-refractivity contribution in [2.24, 2.45) is 0 Å². The molecule has 418 valence electrons. The SMILES string of the molecule is CC1(C)OB(c2ccc(-c3nc(-c4ccccc4)nc(-c4ccccc4)n3)cc2)OC1(C)C.Clc1nc(-c2ccc(-c3nc(-c4ccccc4)nc(-c4ccccc4)n3)cc2)c2sc3ccccc3c2n1.Clc1nc(Cl)c2sc3ccccc3c2n1. The van der Waals surface area contributed by atoms with E-state index in [2.05, 4.69) is 59.8 Å². The molecule has 15 rings (SSSR count). The second-order valence-electron chi connectivity index (χ2n) is 21.0. The molecule has 1 fully saturated rings. The van der Waals surface area contributed by atoms with Gasteiger partial charge in [-0.3, -0.25) is 0 Å². The van der Waals surface area contributed by atoms with Crippen LogP contribution in [0.15, 0.2) is 218 Å². The van der Waals surface area contributed by atoms with E-state index in [0.717, 1.165) is 90.7 Å². The van der Waals surface area contributed by atoms with Gasteiger partial charge in [0, 0.05) is 59.1 Å². The fourth-order valence-corrected chi connectivity index (χ4v) is 12.6. The van der Waals surface area contributed by atoms with Gasteiger partial charge in [-0.1, -0.05) is 218 Å². The van der Waals surface area contributed by atoms with E-state index < -0.39 is 7.12 Å². The summed E-state index contributed by atoms with van der Waals surface area (Å²) in [6.07, 6.45) is 0. The number of aromatic nitrogens is 10. The molecule has 0 aliphatic carbocycles. The van der Waals surface area contributed by atoms with Crippen molar-refractivity contribution in [2.45, 2.75) is 38.9 Å². The van der Waals surface area contributed by atoms with Gasteiger partial charge in [0.2, 0.25) is 10.6 Å². The van der Waals surface area contributed by atoms with Crippen LogP contribution in [-0.2, 0) is 9.31 Å². The molecule has 86 heavy (non-hydrogen) atoms. The van der Waals surface area contributed by atoms with Gasteiger partial charge in [-0.2, -0.15) is 0 Å². The quantitative estimate of drug-likeness (QED) is 0.0810. The van der Waals surface area contributed by atoms with E-state index in [0.29, 0.717) is 40.1 Å². The summed E-state index contributed by atoms with van der Waals surface area (Å²) in [7, 11) is -0.401. The Hall–Kier alpha value is -8.77. The van der Waals surface area contributed by atoms with Gasteiger partial charge >= 0.3 is 7.12 Å². The van der Waals surface area contributed by atoms with Gasteiger partial charge in [-0.05, 0) is 68.5 Å². The summed E-state index contributed by atoms with van der Waals surface area (Å²) >= 11 is 21.4. The van der Waals surface area contributed by atoms with Gasteiger partial charge in [0.05, 0.1) is 37.3 Å². The number of thiophene rings is 2. The van der Waals surface area contributed by atoms with Crippen LogP contribution in [-0.4, -0.2) is 68.2 Å². The lowest BCUT2D eigenvalue weighted by Crippen LogP contribution is -2.41. The highest BCUT2D eigenvalue weighted by molar-refractivity contribution is 7.26. The van der Waals surface area contributed by atoms with Crippen molar-refractivity contribution in [1.82, 2.24) is 49.8 Å². The summed E-state index contributed by atoms with van der Waals surface area (Å²) in [5, 5.41) is 3.00. The van der Waals surface area contributed by atoms with Crippen LogP contribution in [0.1, 0.15) is 27.7 Å². The zero-order chi connectivity index (χ0) is 58.9. The Morgan fingerprint density at radius 2 is 0.640 bits per heavy atom. The van der Waals surface area contributed by atoms with Crippen molar-refractivity contribution in [3.63, 3.8) is 0 Å². The monoisotopic (exact) mass is 1220 g/mol. The van der Waals surface area contributed by atoms with Gasteiger partial charge in [0.25, 0.3) is 0 Å². The predicted molar refractivity (Wildman–Crippen MR) is 352 cm³/mol. The summed E-state index contributed by atoms with van der Waals surface area (Å²) in [6, 6.07) is 72.2. The molecule has 12 nitrogen and oxygen atoms in total. The Bertz CT molecular complexity index is 4630. The average molecular weight is 1220 g/mol. The second kappa shape index (κ2) is 23.9.